The number of phenolic OH excluding ortho intramolecular Hbond substituents is 1. The number of nitrogens with zero attached hydrogens (tertiary/aromatic N) is 2. The molecule has 0 radical (unpaired) electrons. The van der Waals surface area contributed by atoms with Gasteiger partial charge in [0.1, 0.15) is 11.9 Å². The van der Waals surface area contributed by atoms with Gasteiger partial charge in [-0.3, -0.25) is 0 Å². The maximum Gasteiger partial charge on any atom is 0.165 e. The SMILES string of the molecule is COc1cc(Br)cc(C=C(C#N)c2nc3ccccc3[nH]2)c1O. The number of allylic oxidation sites excluding steroid dienone is 1. The van der Waals surface area contributed by atoms with Crippen molar-refractivity contribution in [3.8, 4) is 17.6 Å². The zero-order chi connectivity index (χ0) is 16.4. The number of aromatic nitrogens is 2. The van der Waals surface area contributed by atoms with Gasteiger partial charge in [0.25, 0.3) is 0 Å². The summed E-state index contributed by atoms with van der Waals surface area (Å²) >= 11 is 3.36. The third-order valence-electron chi connectivity index (χ3n) is 3.35. The second-order valence-electron chi connectivity index (χ2n) is 4.82. The second kappa shape index (κ2) is 6.15. The fraction of sp³-hybridized carbons (Fsp3) is 0.0588. The number of para-hydroxylation sites is 2. The van der Waals surface area contributed by atoms with Gasteiger partial charge in [0.05, 0.1) is 23.7 Å². The molecule has 2 N–H and O–H groups in total. The number of nitrogens with one attached hydrogen (secondary N) is 1. The predicted molar refractivity (Wildman–Crippen MR) is 91.9 cm³/mol. The topological polar surface area (TPSA) is 81.9 Å². The van der Waals surface area contributed by atoms with Gasteiger partial charge in [-0.25, -0.2) is 4.98 Å². The van der Waals surface area contributed by atoms with Crippen molar-refractivity contribution in [3.63, 3.8) is 0 Å². The number of aromatic amines is 1. The molecular formula is C17H12BrN3O2. The van der Waals surface area contributed by atoms with E-state index in [0.717, 1.165) is 15.5 Å². The van der Waals surface area contributed by atoms with Gasteiger partial charge in [-0.1, -0.05) is 28.1 Å². The Balaban J connectivity index is 2.12. The standard InChI is InChI=1S/C17H12BrN3O2/c1-23-15-8-12(18)7-10(16(15)22)6-11(9-19)17-20-13-4-2-3-5-14(13)21-17/h2-8,22H,1H3,(H,20,21). The Morgan fingerprint density at radius 3 is 2.87 bits per heavy atom. The lowest BCUT2D eigenvalue weighted by atomic mass is 10.1. The van der Waals surface area contributed by atoms with Gasteiger partial charge in [-0.05, 0) is 30.3 Å². The van der Waals surface area contributed by atoms with Crippen molar-refractivity contribution in [2.24, 2.45) is 0 Å². The van der Waals surface area contributed by atoms with Gasteiger partial charge in [-0.2, -0.15) is 5.26 Å². The monoisotopic (exact) mass is 369 g/mol. The minimum absolute atomic E-state index is 0.0282. The normalized spacial score (nSPS) is 11.4. The molecule has 114 valence electrons. The summed E-state index contributed by atoms with van der Waals surface area (Å²) in [4.78, 5) is 7.51. The van der Waals surface area contributed by atoms with Gasteiger partial charge in [0.15, 0.2) is 11.5 Å². The molecular weight excluding hydrogens is 358 g/mol. The number of imidazole rings is 1. The van der Waals surface area contributed by atoms with Gasteiger partial charge < -0.3 is 14.8 Å². The minimum atomic E-state index is -0.0282. The lowest BCUT2D eigenvalue weighted by molar-refractivity contribution is 0.372. The van der Waals surface area contributed by atoms with Gasteiger partial charge >= 0.3 is 0 Å². The van der Waals surface area contributed by atoms with E-state index in [1.807, 2.05) is 24.3 Å². The third kappa shape index (κ3) is 2.91. The van der Waals surface area contributed by atoms with Crippen molar-refractivity contribution >= 4 is 38.6 Å². The van der Waals surface area contributed by atoms with Crippen molar-refractivity contribution in [2.45, 2.75) is 0 Å². The molecule has 23 heavy (non-hydrogen) atoms. The van der Waals surface area contributed by atoms with Crippen LogP contribution in [0.5, 0.6) is 11.5 Å². The third-order valence-corrected chi connectivity index (χ3v) is 3.81. The number of rotatable bonds is 3. The van der Waals surface area contributed by atoms with Crippen LogP contribution in [0, 0.1) is 11.3 Å². The van der Waals surface area contributed by atoms with E-state index in [2.05, 4.69) is 32.0 Å². The Bertz CT molecular complexity index is 921. The smallest absolute Gasteiger partial charge is 0.165 e. The van der Waals surface area contributed by atoms with Crippen molar-refractivity contribution in [1.82, 2.24) is 9.97 Å². The second-order valence-corrected chi connectivity index (χ2v) is 5.73. The first kappa shape index (κ1) is 15.1. The fourth-order valence-electron chi connectivity index (χ4n) is 2.25. The lowest BCUT2D eigenvalue weighted by Gasteiger charge is -2.07. The molecule has 5 nitrogen and oxygen atoms in total. The van der Waals surface area contributed by atoms with Crippen LogP contribution in [0.25, 0.3) is 22.7 Å². The maximum atomic E-state index is 10.2. The average Bonchev–Trinajstić information content (AvgIpc) is 2.98. The van der Waals surface area contributed by atoms with Crippen LogP contribution in [0.4, 0.5) is 0 Å². The molecule has 0 saturated heterocycles. The highest BCUT2D eigenvalue weighted by atomic mass is 79.9. The van der Waals surface area contributed by atoms with Crippen molar-refractivity contribution in [1.29, 1.82) is 5.26 Å². The van der Waals surface area contributed by atoms with Gasteiger partial charge in [-0.15, -0.1) is 0 Å². The predicted octanol–water partition coefficient (Wildman–Crippen LogP) is 4.10. The molecule has 0 aliphatic carbocycles. The van der Waals surface area contributed by atoms with E-state index in [9.17, 15) is 10.4 Å². The number of fused-ring (bicyclic) bond motifs is 1. The zero-order valence-electron chi connectivity index (χ0n) is 12.2. The van der Waals surface area contributed by atoms with Crippen LogP contribution >= 0.6 is 15.9 Å². The van der Waals surface area contributed by atoms with E-state index in [4.69, 9.17) is 4.74 Å². The molecule has 1 heterocycles. The molecule has 3 aromatic rings. The summed E-state index contributed by atoms with van der Waals surface area (Å²) < 4.78 is 5.86. The molecule has 1 aromatic heterocycles. The number of phenols is 1. The first-order chi connectivity index (χ1) is 11.1. The van der Waals surface area contributed by atoms with E-state index in [-0.39, 0.29) is 5.75 Å². The van der Waals surface area contributed by atoms with Crippen LogP contribution in [0.3, 0.4) is 0 Å². The molecule has 0 saturated carbocycles. The van der Waals surface area contributed by atoms with E-state index in [0.29, 0.717) is 22.7 Å². The van der Waals surface area contributed by atoms with Crippen LogP contribution in [-0.2, 0) is 0 Å². The summed E-state index contributed by atoms with van der Waals surface area (Å²) in [6, 6.07) is 13.0. The maximum absolute atomic E-state index is 10.2. The first-order valence-corrected chi connectivity index (χ1v) is 7.55. The fourth-order valence-corrected chi connectivity index (χ4v) is 2.70. The van der Waals surface area contributed by atoms with Crippen LogP contribution in [-0.4, -0.2) is 22.2 Å². The summed E-state index contributed by atoms with van der Waals surface area (Å²) in [6.45, 7) is 0. The van der Waals surface area contributed by atoms with E-state index in [1.54, 1.807) is 18.2 Å². The summed E-state index contributed by atoms with van der Waals surface area (Å²) in [5, 5.41) is 19.7. The highest BCUT2D eigenvalue weighted by Gasteiger charge is 2.12. The molecule has 0 spiro atoms. The number of H-pyrrole nitrogens is 1. The minimum Gasteiger partial charge on any atom is -0.504 e. The summed E-state index contributed by atoms with van der Waals surface area (Å²) in [7, 11) is 1.47. The zero-order valence-corrected chi connectivity index (χ0v) is 13.8. The Labute approximate surface area is 141 Å². The quantitative estimate of drug-likeness (QED) is 0.680. The molecule has 6 heteroatoms. The van der Waals surface area contributed by atoms with E-state index in [1.165, 1.54) is 7.11 Å². The Kier molecular flexibility index (Phi) is 4.04. The van der Waals surface area contributed by atoms with Gasteiger partial charge in [0.2, 0.25) is 0 Å². The first-order valence-electron chi connectivity index (χ1n) is 6.76. The molecule has 0 unspecified atom stereocenters. The molecule has 2 aromatic carbocycles. The number of nitriles is 1. The van der Waals surface area contributed by atoms with Crippen LogP contribution < -0.4 is 4.74 Å². The molecule has 0 bridgehead atoms. The number of aromatic hydroxyl groups is 1. The van der Waals surface area contributed by atoms with E-state index < -0.39 is 0 Å². The largest absolute Gasteiger partial charge is 0.504 e. The highest BCUT2D eigenvalue weighted by molar-refractivity contribution is 9.10. The molecule has 0 aliphatic rings. The number of methoxy groups -OCH3 is 1. The number of hydrogen-bond donors (Lipinski definition) is 2. The molecule has 3 rings (SSSR count). The summed E-state index contributed by atoms with van der Waals surface area (Å²) in [5.74, 6) is 0.749. The molecule has 0 fully saturated rings. The van der Waals surface area contributed by atoms with E-state index >= 15 is 0 Å². The molecule has 0 amide bonds. The van der Waals surface area contributed by atoms with Crippen LogP contribution in [0.2, 0.25) is 0 Å². The summed E-state index contributed by atoms with van der Waals surface area (Å²) in [6.07, 6.45) is 1.57. The Hall–Kier alpha value is -2.78. The molecule has 0 aliphatic heterocycles. The van der Waals surface area contributed by atoms with Crippen LogP contribution in [0.15, 0.2) is 40.9 Å². The Morgan fingerprint density at radius 1 is 1.39 bits per heavy atom. The number of ether oxygens (including phenoxy) is 1. The van der Waals surface area contributed by atoms with Crippen molar-refractivity contribution in [2.75, 3.05) is 7.11 Å². The number of halogens is 1. The Morgan fingerprint density at radius 2 is 2.17 bits per heavy atom. The van der Waals surface area contributed by atoms with Gasteiger partial charge in [0, 0.05) is 10.0 Å². The number of hydrogen-bond acceptors (Lipinski definition) is 4. The lowest BCUT2D eigenvalue weighted by Crippen LogP contribution is -1.89. The average molecular weight is 370 g/mol. The molecule has 0 atom stereocenters. The van der Waals surface area contributed by atoms with Crippen LogP contribution in [0.1, 0.15) is 11.4 Å². The highest BCUT2D eigenvalue weighted by Crippen LogP contribution is 2.35. The number of benzene rings is 2. The van der Waals surface area contributed by atoms with Crippen molar-refractivity contribution < 1.29 is 9.84 Å². The summed E-state index contributed by atoms with van der Waals surface area (Å²) in [5.41, 5.74) is 2.41. The van der Waals surface area contributed by atoms with Crippen molar-refractivity contribution in [3.05, 3.63) is 52.3 Å².